The summed E-state index contributed by atoms with van der Waals surface area (Å²) in [7, 11) is 0. The largest absolute Gasteiger partial charge is 0.480 e. The van der Waals surface area contributed by atoms with Gasteiger partial charge in [0, 0.05) is 10.2 Å². The summed E-state index contributed by atoms with van der Waals surface area (Å²) in [4.78, 5) is 24.3. The molecule has 0 aromatic heterocycles. The quantitative estimate of drug-likeness (QED) is 0.845. The second kappa shape index (κ2) is 6.02. The number of hydrogen-bond donors (Lipinski definition) is 2. The van der Waals surface area contributed by atoms with Crippen LogP contribution < -0.4 is 5.32 Å². The lowest BCUT2D eigenvalue weighted by Gasteiger charge is -2.21. The third-order valence-corrected chi connectivity index (χ3v) is 4.42. The number of thioether (sulfide) groups is 1. The van der Waals surface area contributed by atoms with Crippen LogP contribution in [0.15, 0.2) is 22.7 Å². The molecule has 1 atom stereocenters. The van der Waals surface area contributed by atoms with E-state index in [2.05, 4.69) is 21.2 Å². The van der Waals surface area contributed by atoms with Gasteiger partial charge in [-0.1, -0.05) is 27.5 Å². The lowest BCUT2D eigenvalue weighted by Crippen LogP contribution is -2.44. The third kappa shape index (κ3) is 3.34. The molecule has 0 spiro atoms. The number of carboxylic acid groups (broad SMARTS) is 1. The Morgan fingerprint density at radius 1 is 1.53 bits per heavy atom. The van der Waals surface area contributed by atoms with E-state index in [0.29, 0.717) is 22.3 Å². The number of benzene rings is 1. The van der Waals surface area contributed by atoms with E-state index in [9.17, 15) is 9.59 Å². The topological polar surface area (TPSA) is 69.6 Å². The van der Waals surface area contributed by atoms with Crippen molar-refractivity contribution in [3.8, 4) is 0 Å². The van der Waals surface area contributed by atoms with E-state index in [1.54, 1.807) is 18.2 Å². The summed E-state index contributed by atoms with van der Waals surface area (Å²) in [5.41, 5.74) is 0.455. The maximum atomic E-state index is 12.0. The zero-order valence-electron chi connectivity index (χ0n) is 9.60. The lowest BCUT2D eigenvalue weighted by molar-refractivity contribution is -0.140. The number of carboxylic acids is 1. The van der Waals surface area contributed by atoms with Gasteiger partial charge < -0.3 is 15.3 Å². The van der Waals surface area contributed by atoms with Crippen molar-refractivity contribution in [1.82, 2.24) is 4.90 Å². The van der Waals surface area contributed by atoms with E-state index in [0.717, 1.165) is 4.47 Å². The normalized spacial score (nSPS) is 18.4. The second-order valence-electron chi connectivity index (χ2n) is 3.88. The van der Waals surface area contributed by atoms with Gasteiger partial charge >= 0.3 is 12.0 Å². The Morgan fingerprint density at radius 3 is 2.89 bits per heavy atom. The summed E-state index contributed by atoms with van der Waals surface area (Å²) in [6.45, 7) is 0. The first-order chi connectivity index (χ1) is 8.99. The number of nitrogens with zero attached hydrogens (tertiary/aromatic N) is 1. The number of hydrogen-bond acceptors (Lipinski definition) is 3. The summed E-state index contributed by atoms with van der Waals surface area (Å²) in [6.07, 6.45) is 0. The molecule has 1 aromatic carbocycles. The van der Waals surface area contributed by atoms with Gasteiger partial charge in [0.2, 0.25) is 0 Å². The maximum Gasteiger partial charge on any atom is 0.327 e. The van der Waals surface area contributed by atoms with Crippen LogP contribution in [0.25, 0.3) is 0 Å². The Morgan fingerprint density at radius 2 is 2.26 bits per heavy atom. The maximum absolute atomic E-state index is 12.0. The summed E-state index contributed by atoms with van der Waals surface area (Å²) >= 11 is 10.7. The van der Waals surface area contributed by atoms with Gasteiger partial charge in [0.05, 0.1) is 16.6 Å². The van der Waals surface area contributed by atoms with Gasteiger partial charge in [-0.25, -0.2) is 9.59 Å². The SMILES string of the molecule is O=C(O)C1CSCN1C(=O)Nc1ccc(Br)cc1Cl. The minimum atomic E-state index is -0.998. The number of urea groups is 1. The van der Waals surface area contributed by atoms with E-state index < -0.39 is 18.0 Å². The predicted octanol–water partition coefficient (Wildman–Crippen LogP) is 3.09. The summed E-state index contributed by atoms with van der Waals surface area (Å²) in [6, 6.07) is 3.81. The number of carbonyl (C=O) groups excluding carboxylic acids is 1. The van der Waals surface area contributed by atoms with Crippen molar-refractivity contribution in [1.29, 1.82) is 0 Å². The molecule has 102 valence electrons. The molecule has 0 saturated carbocycles. The average molecular weight is 366 g/mol. The molecular weight excluding hydrogens is 356 g/mol. The first-order valence-electron chi connectivity index (χ1n) is 5.32. The summed E-state index contributed by atoms with van der Waals surface area (Å²) in [5, 5.41) is 12.0. The van der Waals surface area contributed by atoms with Gasteiger partial charge in [0.1, 0.15) is 6.04 Å². The number of nitrogens with one attached hydrogen (secondary N) is 1. The molecule has 2 amide bonds. The van der Waals surface area contributed by atoms with Crippen LogP contribution in [-0.2, 0) is 4.79 Å². The molecule has 2 rings (SSSR count). The molecule has 19 heavy (non-hydrogen) atoms. The van der Waals surface area contributed by atoms with E-state index in [1.807, 2.05) is 0 Å². The molecular formula is C11H10BrClN2O3S. The zero-order chi connectivity index (χ0) is 14.0. The first-order valence-corrected chi connectivity index (χ1v) is 7.65. The Bertz CT molecular complexity index is 529. The zero-order valence-corrected chi connectivity index (χ0v) is 12.8. The van der Waals surface area contributed by atoms with Crippen molar-refractivity contribution in [2.45, 2.75) is 6.04 Å². The fraction of sp³-hybridized carbons (Fsp3) is 0.273. The minimum absolute atomic E-state index is 0.358. The van der Waals surface area contributed by atoms with Gasteiger partial charge in [-0.05, 0) is 18.2 Å². The van der Waals surface area contributed by atoms with Crippen LogP contribution in [0.1, 0.15) is 0 Å². The molecule has 8 heteroatoms. The molecule has 1 aliphatic rings. The highest BCUT2D eigenvalue weighted by molar-refractivity contribution is 9.10. The molecule has 0 aliphatic carbocycles. The van der Waals surface area contributed by atoms with Crippen molar-refractivity contribution >= 4 is 57.0 Å². The minimum Gasteiger partial charge on any atom is -0.480 e. The van der Waals surface area contributed by atoms with Crippen LogP contribution in [0.5, 0.6) is 0 Å². The van der Waals surface area contributed by atoms with Gasteiger partial charge in [-0.15, -0.1) is 11.8 Å². The van der Waals surface area contributed by atoms with Gasteiger partial charge in [-0.2, -0.15) is 0 Å². The molecule has 5 nitrogen and oxygen atoms in total. The lowest BCUT2D eigenvalue weighted by atomic mass is 10.3. The van der Waals surface area contributed by atoms with Crippen LogP contribution in [0.4, 0.5) is 10.5 Å². The number of rotatable bonds is 2. The van der Waals surface area contributed by atoms with Gasteiger partial charge in [0.25, 0.3) is 0 Å². The molecule has 0 bridgehead atoms. The molecule has 1 unspecified atom stereocenters. The van der Waals surface area contributed by atoms with Crippen LogP contribution >= 0.6 is 39.3 Å². The monoisotopic (exact) mass is 364 g/mol. The van der Waals surface area contributed by atoms with Crippen molar-refractivity contribution in [2.24, 2.45) is 0 Å². The van der Waals surface area contributed by atoms with E-state index >= 15 is 0 Å². The van der Waals surface area contributed by atoms with E-state index in [1.165, 1.54) is 16.7 Å². The predicted molar refractivity (Wildman–Crippen MR) is 78.8 cm³/mol. The molecule has 1 saturated heterocycles. The molecule has 0 radical (unpaired) electrons. The van der Waals surface area contributed by atoms with Crippen LogP contribution in [-0.4, -0.2) is 39.7 Å². The number of anilines is 1. The fourth-order valence-electron chi connectivity index (χ4n) is 1.63. The summed E-state index contributed by atoms with van der Waals surface area (Å²) < 4.78 is 0.802. The number of amides is 2. The highest BCUT2D eigenvalue weighted by Gasteiger charge is 2.34. The second-order valence-corrected chi connectivity index (χ2v) is 6.20. The van der Waals surface area contributed by atoms with Gasteiger partial charge in [0.15, 0.2) is 0 Å². The molecule has 1 heterocycles. The van der Waals surface area contributed by atoms with E-state index in [-0.39, 0.29) is 0 Å². The Hall–Kier alpha value is -0.920. The Labute approximate surface area is 127 Å². The van der Waals surface area contributed by atoms with Crippen LogP contribution in [0.2, 0.25) is 5.02 Å². The van der Waals surface area contributed by atoms with Gasteiger partial charge in [-0.3, -0.25) is 0 Å². The average Bonchev–Trinajstić information content (AvgIpc) is 2.82. The fourth-order valence-corrected chi connectivity index (χ4v) is 3.49. The first kappa shape index (κ1) is 14.5. The van der Waals surface area contributed by atoms with Crippen molar-refractivity contribution in [3.05, 3.63) is 27.7 Å². The summed E-state index contributed by atoms with van der Waals surface area (Å²) in [5.74, 6) is -0.240. The third-order valence-electron chi connectivity index (χ3n) is 2.60. The number of halogens is 2. The number of aliphatic carboxylic acids is 1. The Balaban J connectivity index is 2.10. The highest BCUT2D eigenvalue weighted by atomic mass is 79.9. The van der Waals surface area contributed by atoms with Crippen molar-refractivity contribution < 1.29 is 14.7 Å². The number of carbonyl (C=O) groups is 2. The van der Waals surface area contributed by atoms with Crippen LogP contribution in [0, 0.1) is 0 Å². The molecule has 2 N–H and O–H groups in total. The smallest absolute Gasteiger partial charge is 0.327 e. The van der Waals surface area contributed by atoms with Crippen LogP contribution in [0.3, 0.4) is 0 Å². The van der Waals surface area contributed by atoms with Crippen molar-refractivity contribution in [3.63, 3.8) is 0 Å². The molecule has 1 aliphatic heterocycles. The highest BCUT2D eigenvalue weighted by Crippen LogP contribution is 2.27. The molecule has 1 fully saturated rings. The molecule has 1 aromatic rings. The van der Waals surface area contributed by atoms with Crippen molar-refractivity contribution in [2.75, 3.05) is 16.9 Å². The standard InChI is InChI=1S/C11H10BrClN2O3S/c12-6-1-2-8(7(13)3-6)14-11(18)15-5-19-4-9(15)10(16)17/h1-3,9H,4-5H2,(H,14,18)(H,16,17). The van der Waals surface area contributed by atoms with E-state index in [4.69, 9.17) is 16.7 Å². The Kier molecular flexibility index (Phi) is 4.59.